The molecule has 5 heteroatoms. The minimum absolute atomic E-state index is 0.138. The molecule has 3 heterocycles. The molecule has 0 spiro atoms. The number of ether oxygens (including phenoxy) is 1. The molecule has 1 amide bonds. The van der Waals surface area contributed by atoms with Gasteiger partial charge in [-0.25, -0.2) is 0 Å². The van der Waals surface area contributed by atoms with Crippen LogP contribution in [0.4, 0.5) is 0 Å². The van der Waals surface area contributed by atoms with Crippen molar-refractivity contribution < 1.29 is 14.6 Å². The smallest absolute Gasteiger partial charge is 0.223 e. The van der Waals surface area contributed by atoms with Gasteiger partial charge in [-0.1, -0.05) is 13.8 Å². The Balaban J connectivity index is 1.42. The summed E-state index contributed by atoms with van der Waals surface area (Å²) in [5.41, 5.74) is 3.16. The lowest BCUT2D eigenvalue weighted by molar-refractivity contribution is -0.178. The lowest BCUT2D eigenvalue weighted by Crippen LogP contribution is -2.67. The van der Waals surface area contributed by atoms with Gasteiger partial charge in [0.2, 0.25) is 5.91 Å². The van der Waals surface area contributed by atoms with Gasteiger partial charge in [-0.15, -0.1) is 0 Å². The zero-order valence-electron chi connectivity index (χ0n) is 17.7. The molecular weight excluding hydrogens is 364 g/mol. The minimum Gasteiger partial charge on any atom is -0.496 e. The summed E-state index contributed by atoms with van der Waals surface area (Å²) in [6, 6.07) is 4.55. The number of H-pyrrole nitrogens is 1. The molecule has 5 nitrogen and oxygen atoms in total. The second-order valence-electron chi connectivity index (χ2n) is 9.58. The number of hydrogen-bond acceptors (Lipinski definition) is 3. The molecule has 2 saturated heterocycles. The topological polar surface area (TPSA) is 65.6 Å². The van der Waals surface area contributed by atoms with Crippen LogP contribution >= 0.6 is 0 Å². The summed E-state index contributed by atoms with van der Waals surface area (Å²) in [6.07, 6.45) is 8.17. The van der Waals surface area contributed by atoms with Crippen LogP contribution in [-0.2, 0) is 4.79 Å². The quantitative estimate of drug-likeness (QED) is 0.758. The van der Waals surface area contributed by atoms with Gasteiger partial charge in [0.1, 0.15) is 5.75 Å². The van der Waals surface area contributed by atoms with Gasteiger partial charge in [-0.3, -0.25) is 4.79 Å². The van der Waals surface area contributed by atoms with Gasteiger partial charge >= 0.3 is 0 Å². The van der Waals surface area contributed by atoms with E-state index in [9.17, 15) is 9.90 Å². The van der Waals surface area contributed by atoms with Crippen LogP contribution in [0.25, 0.3) is 10.9 Å². The Morgan fingerprint density at radius 3 is 2.76 bits per heavy atom. The highest BCUT2D eigenvalue weighted by Crippen LogP contribution is 2.50. The molecule has 29 heavy (non-hydrogen) atoms. The molecule has 0 radical (unpaired) electrons. The third-order valence-corrected chi connectivity index (χ3v) is 7.49. The van der Waals surface area contributed by atoms with Gasteiger partial charge in [0, 0.05) is 41.2 Å². The number of aliphatic hydroxyl groups is 1. The van der Waals surface area contributed by atoms with Gasteiger partial charge in [0.05, 0.1) is 12.7 Å². The highest BCUT2D eigenvalue weighted by molar-refractivity contribution is 5.91. The molecule has 2 aliphatic carbocycles. The monoisotopic (exact) mass is 396 g/mol. The van der Waals surface area contributed by atoms with E-state index in [0.29, 0.717) is 12.3 Å². The van der Waals surface area contributed by atoms with Crippen molar-refractivity contribution in [1.29, 1.82) is 0 Å². The highest BCUT2D eigenvalue weighted by Gasteiger charge is 2.54. The van der Waals surface area contributed by atoms with E-state index >= 15 is 0 Å². The number of fused-ring (bicyclic) bond motifs is 3. The first-order valence-electron chi connectivity index (χ1n) is 11.2. The van der Waals surface area contributed by atoms with Crippen LogP contribution in [-0.4, -0.2) is 45.7 Å². The molecule has 4 aliphatic rings. The van der Waals surface area contributed by atoms with Crippen LogP contribution in [0, 0.1) is 0 Å². The average Bonchev–Trinajstić information content (AvgIpc) is 3.43. The van der Waals surface area contributed by atoms with Crippen LogP contribution in [0.2, 0.25) is 0 Å². The minimum atomic E-state index is -0.514. The second-order valence-corrected chi connectivity index (χ2v) is 9.58. The summed E-state index contributed by atoms with van der Waals surface area (Å²) in [6.45, 7) is 4.29. The second kappa shape index (κ2) is 6.76. The number of hydrogen-bond donors (Lipinski definition) is 2. The molecule has 156 valence electrons. The van der Waals surface area contributed by atoms with Crippen LogP contribution in [0.3, 0.4) is 0 Å². The molecule has 2 unspecified atom stereocenters. The zero-order chi connectivity index (χ0) is 20.3. The number of carbonyl (C=O) groups excluding carboxylic acids is 1. The van der Waals surface area contributed by atoms with E-state index in [1.165, 1.54) is 29.4 Å². The van der Waals surface area contributed by atoms with Crippen molar-refractivity contribution >= 4 is 16.8 Å². The molecule has 2 atom stereocenters. The third-order valence-electron chi connectivity index (χ3n) is 7.49. The first kappa shape index (κ1) is 19.0. The summed E-state index contributed by atoms with van der Waals surface area (Å²) >= 11 is 0. The summed E-state index contributed by atoms with van der Waals surface area (Å²) < 4.78 is 5.68. The predicted octanol–water partition coefficient (Wildman–Crippen LogP) is 4.45. The van der Waals surface area contributed by atoms with E-state index in [0.717, 1.165) is 36.9 Å². The number of nitrogens with one attached hydrogen (secondary N) is 1. The number of methoxy groups -OCH3 is 1. The molecule has 1 aromatic carbocycles. The number of aromatic amines is 1. The number of carbonyl (C=O) groups is 1. The largest absolute Gasteiger partial charge is 0.496 e. The Kier molecular flexibility index (Phi) is 4.43. The number of rotatable bonds is 6. The van der Waals surface area contributed by atoms with E-state index < -0.39 is 5.60 Å². The van der Waals surface area contributed by atoms with Gasteiger partial charge in [-0.05, 0) is 68.1 Å². The van der Waals surface area contributed by atoms with Crippen molar-refractivity contribution in [3.63, 3.8) is 0 Å². The fraction of sp³-hybridized carbons (Fsp3) is 0.625. The van der Waals surface area contributed by atoms with Crippen LogP contribution in [0.5, 0.6) is 5.75 Å². The van der Waals surface area contributed by atoms with Crippen molar-refractivity contribution in [3.8, 4) is 5.75 Å². The van der Waals surface area contributed by atoms with Crippen LogP contribution in [0.15, 0.2) is 18.3 Å². The fourth-order valence-electron chi connectivity index (χ4n) is 5.84. The molecule has 2 saturated carbocycles. The third kappa shape index (κ3) is 3.05. The molecule has 6 rings (SSSR count). The van der Waals surface area contributed by atoms with Crippen LogP contribution < -0.4 is 4.74 Å². The number of piperidine rings is 2. The van der Waals surface area contributed by atoms with E-state index in [1.54, 1.807) is 7.11 Å². The molecule has 2 aliphatic heterocycles. The Bertz CT molecular complexity index is 939. The SMILES string of the molecule is CCC1CC2(O)CC(C2)N1C(=O)CC(C)c1c[nH]c2ccc(OC)c(C3CC3)c12. The summed E-state index contributed by atoms with van der Waals surface area (Å²) in [4.78, 5) is 18.8. The first-order valence-corrected chi connectivity index (χ1v) is 11.2. The maximum absolute atomic E-state index is 13.3. The van der Waals surface area contributed by atoms with Crippen molar-refractivity contribution in [2.75, 3.05) is 7.11 Å². The first-order chi connectivity index (χ1) is 13.9. The van der Waals surface area contributed by atoms with Gasteiger partial charge in [0.25, 0.3) is 0 Å². The molecule has 1 aromatic heterocycles. The standard InChI is InChI=1S/C24H32N2O3/c1-4-16-10-24(28)11-17(12-24)26(16)21(27)9-14(2)18-13-25-19-7-8-20(29-3)22(23(18)19)15-5-6-15/h7-8,13-17,25,28H,4-6,9-12H2,1-3H3. The predicted molar refractivity (Wildman–Crippen MR) is 113 cm³/mol. The molecular formula is C24H32N2O3. The summed E-state index contributed by atoms with van der Waals surface area (Å²) in [5, 5.41) is 11.7. The van der Waals surface area contributed by atoms with Gasteiger partial charge < -0.3 is 19.7 Å². The fourth-order valence-corrected chi connectivity index (χ4v) is 5.84. The maximum Gasteiger partial charge on any atom is 0.223 e. The molecule has 2 N–H and O–H groups in total. The number of nitrogens with zero attached hydrogens (tertiary/aromatic N) is 1. The lowest BCUT2D eigenvalue weighted by atomic mass is 9.66. The van der Waals surface area contributed by atoms with Crippen LogP contribution in [0.1, 0.15) is 81.8 Å². The summed E-state index contributed by atoms with van der Waals surface area (Å²) in [7, 11) is 1.74. The number of benzene rings is 1. The summed E-state index contributed by atoms with van der Waals surface area (Å²) in [5.74, 6) is 1.92. The van der Waals surface area contributed by atoms with E-state index in [4.69, 9.17) is 4.74 Å². The maximum atomic E-state index is 13.3. The van der Waals surface area contributed by atoms with Crippen molar-refractivity contribution in [2.24, 2.45) is 0 Å². The normalized spacial score (nSPS) is 29.6. The van der Waals surface area contributed by atoms with Crippen molar-refractivity contribution in [3.05, 3.63) is 29.5 Å². The Hall–Kier alpha value is -2.01. The van der Waals surface area contributed by atoms with E-state index in [2.05, 4.69) is 42.1 Å². The molecule has 2 bridgehead atoms. The Morgan fingerprint density at radius 2 is 2.10 bits per heavy atom. The van der Waals surface area contributed by atoms with E-state index in [-0.39, 0.29) is 23.9 Å². The lowest BCUT2D eigenvalue weighted by Gasteiger charge is -2.58. The zero-order valence-corrected chi connectivity index (χ0v) is 17.7. The van der Waals surface area contributed by atoms with Crippen molar-refractivity contribution in [1.82, 2.24) is 9.88 Å². The molecule has 2 aromatic rings. The van der Waals surface area contributed by atoms with Gasteiger partial charge in [-0.2, -0.15) is 0 Å². The number of amides is 1. The Labute approximate surface area is 172 Å². The number of aromatic nitrogens is 1. The van der Waals surface area contributed by atoms with Gasteiger partial charge in [0.15, 0.2) is 0 Å². The highest BCUT2D eigenvalue weighted by atomic mass is 16.5. The van der Waals surface area contributed by atoms with Crippen molar-refractivity contribution in [2.45, 2.75) is 88.3 Å². The van der Waals surface area contributed by atoms with E-state index in [1.807, 2.05) is 0 Å². The molecule has 4 fully saturated rings. The average molecular weight is 397 g/mol. The Morgan fingerprint density at radius 1 is 1.34 bits per heavy atom.